The van der Waals surface area contributed by atoms with E-state index in [1.807, 2.05) is 30.3 Å². The standard InChI is InChI=1S/C21H24FN3O2/c1-15-7-8-17(14-18(15)22)20(26)24-9-11-25(12-10-24)21(27)19(23)13-16-5-3-2-4-6-16/h2-8,14,19H,9-13,23H2,1H3/t19-/m0/s1. The molecule has 1 atom stereocenters. The highest BCUT2D eigenvalue weighted by atomic mass is 19.1. The summed E-state index contributed by atoms with van der Waals surface area (Å²) >= 11 is 0. The zero-order valence-corrected chi connectivity index (χ0v) is 15.4. The number of halogens is 1. The number of piperazine rings is 1. The van der Waals surface area contributed by atoms with Gasteiger partial charge in [0.15, 0.2) is 0 Å². The molecule has 1 aliphatic rings. The zero-order chi connectivity index (χ0) is 19.4. The minimum absolute atomic E-state index is 0.104. The summed E-state index contributed by atoms with van der Waals surface area (Å²) in [6.07, 6.45) is 0.488. The largest absolute Gasteiger partial charge is 0.338 e. The fourth-order valence-corrected chi connectivity index (χ4v) is 3.23. The molecule has 0 unspecified atom stereocenters. The molecule has 27 heavy (non-hydrogen) atoms. The van der Waals surface area contributed by atoms with Crippen molar-refractivity contribution in [3.63, 3.8) is 0 Å². The highest BCUT2D eigenvalue weighted by molar-refractivity contribution is 5.94. The Labute approximate surface area is 158 Å². The summed E-state index contributed by atoms with van der Waals surface area (Å²) < 4.78 is 13.7. The minimum Gasteiger partial charge on any atom is -0.338 e. The Morgan fingerprint density at radius 3 is 2.30 bits per heavy atom. The highest BCUT2D eigenvalue weighted by Crippen LogP contribution is 2.14. The smallest absolute Gasteiger partial charge is 0.254 e. The van der Waals surface area contributed by atoms with Crippen molar-refractivity contribution in [3.05, 3.63) is 71.0 Å². The highest BCUT2D eigenvalue weighted by Gasteiger charge is 2.27. The van der Waals surface area contributed by atoms with E-state index in [2.05, 4.69) is 0 Å². The van der Waals surface area contributed by atoms with Gasteiger partial charge in [-0.25, -0.2) is 4.39 Å². The number of amides is 2. The third-order valence-electron chi connectivity index (χ3n) is 4.91. The van der Waals surface area contributed by atoms with Crippen molar-refractivity contribution < 1.29 is 14.0 Å². The molecule has 1 saturated heterocycles. The van der Waals surface area contributed by atoms with Crippen LogP contribution in [0.3, 0.4) is 0 Å². The average molecular weight is 369 g/mol. The van der Waals surface area contributed by atoms with E-state index in [0.717, 1.165) is 5.56 Å². The van der Waals surface area contributed by atoms with Gasteiger partial charge < -0.3 is 15.5 Å². The molecule has 5 nitrogen and oxygen atoms in total. The lowest BCUT2D eigenvalue weighted by molar-refractivity contribution is -0.134. The molecule has 3 rings (SSSR count). The fraction of sp³-hybridized carbons (Fsp3) is 0.333. The summed E-state index contributed by atoms with van der Waals surface area (Å²) in [6.45, 7) is 3.35. The normalized spacial score (nSPS) is 15.5. The Balaban J connectivity index is 1.55. The average Bonchev–Trinajstić information content (AvgIpc) is 2.70. The molecule has 0 spiro atoms. The first-order chi connectivity index (χ1) is 13.0. The number of carbonyl (C=O) groups is 2. The van der Waals surface area contributed by atoms with Gasteiger partial charge in [-0.2, -0.15) is 0 Å². The predicted octanol–water partition coefficient (Wildman–Crippen LogP) is 1.99. The van der Waals surface area contributed by atoms with Gasteiger partial charge in [-0.1, -0.05) is 36.4 Å². The summed E-state index contributed by atoms with van der Waals surface area (Å²) in [4.78, 5) is 28.5. The van der Waals surface area contributed by atoms with Gasteiger partial charge in [0.05, 0.1) is 6.04 Å². The van der Waals surface area contributed by atoms with Crippen LogP contribution in [0.25, 0.3) is 0 Å². The van der Waals surface area contributed by atoms with Crippen LogP contribution in [0.15, 0.2) is 48.5 Å². The Kier molecular flexibility index (Phi) is 5.86. The van der Waals surface area contributed by atoms with Crippen molar-refractivity contribution in [1.82, 2.24) is 9.80 Å². The molecular formula is C21H24FN3O2. The fourth-order valence-electron chi connectivity index (χ4n) is 3.23. The number of nitrogens with zero attached hydrogens (tertiary/aromatic N) is 2. The van der Waals surface area contributed by atoms with E-state index >= 15 is 0 Å². The Hall–Kier alpha value is -2.73. The minimum atomic E-state index is -0.596. The molecule has 0 saturated carbocycles. The maximum Gasteiger partial charge on any atom is 0.254 e. The van der Waals surface area contributed by atoms with Crippen LogP contribution in [0.2, 0.25) is 0 Å². The monoisotopic (exact) mass is 369 g/mol. The quantitative estimate of drug-likeness (QED) is 0.896. The zero-order valence-electron chi connectivity index (χ0n) is 15.4. The summed E-state index contributed by atoms with van der Waals surface area (Å²) in [5.41, 5.74) is 7.95. The lowest BCUT2D eigenvalue weighted by Gasteiger charge is -2.36. The van der Waals surface area contributed by atoms with Crippen molar-refractivity contribution in [2.75, 3.05) is 26.2 Å². The number of benzene rings is 2. The van der Waals surface area contributed by atoms with Gasteiger partial charge in [0, 0.05) is 31.7 Å². The van der Waals surface area contributed by atoms with E-state index in [-0.39, 0.29) is 17.6 Å². The van der Waals surface area contributed by atoms with E-state index in [1.165, 1.54) is 6.07 Å². The van der Waals surface area contributed by atoms with E-state index in [9.17, 15) is 14.0 Å². The molecular weight excluding hydrogens is 345 g/mol. The van der Waals surface area contributed by atoms with Crippen LogP contribution in [-0.4, -0.2) is 53.8 Å². The van der Waals surface area contributed by atoms with Crippen LogP contribution in [0.1, 0.15) is 21.5 Å². The first kappa shape index (κ1) is 19.0. The van der Waals surface area contributed by atoms with Gasteiger partial charge in [0.25, 0.3) is 5.91 Å². The SMILES string of the molecule is Cc1ccc(C(=O)N2CCN(C(=O)[C@@H](N)Cc3ccccc3)CC2)cc1F. The second kappa shape index (κ2) is 8.31. The van der Waals surface area contributed by atoms with Gasteiger partial charge in [-0.3, -0.25) is 9.59 Å². The maximum atomic E-state index is 13.7. The molecule has 0 radical (unpaired) electrons. The maximum absolute atomic E-state index is 13.7. The second-order valence-electron chi connectivity index (χ2n) is 6.88. The van der Waals surface area contributed by atoms with Crippen LogP contribution < -0.4 is 5.73 Å². The van der Waals surface area contributed by atoms with Crippen molar-refractivity contribution in [1.29, 1.82) is 0 Å². The molecule has 1 heterocycles. The summed E-state index contributed by atoms with van der Waals surface area (Å²) in [5, 5.41) is 0. The van der Waals surface area contributed by atoms with Crippen LogP contribution in [0.4, 0.5) is 4.39 Å². The second-order valence-corrected chi connectivity index (χ2v) is 6.88. The van der Waals surface area contributed by atoms with E-state index in [0.29, 0.717) is 43.7 Å². The lowest BCUT2D eigenvalue weighted by atomic mass is 10.1. The molecule has 0 bridgehead atoms. The lowest BCUT2D eigenvalue weighted by Crippen LogP contribution is -2.54. The molecule has 0 aromatic heterocycles. The molecule has 2 amide bonds. The van der Waals surface area contributed by atoms with Gasteiger partial charge in [0.2, 0.25) is 5.91 Å². The Bertz CT molecular complexity index is 817. The molecule has 6 heteroatoms. The third-order valence-corrected chi connectivity index (χ3v) is 4.91. The molecule has 1 aliphatic heterocycles. The van der Waals surface area contributed by atoms with Gasteiger partial charge in [0.1, 0.15) is 5.82 Å². The Morgan fingerprint density at radius 1 is 1.04 bits per heavy atom. The van der Waals surface area contributed by atoms with Crippen molar-refractivity contribution in [3.8, 4) is 0 Å². The Morgan fingerprint density at radius 2 is 1.67 bits per heavy atom. The summed E-state index contributed by atoms with van der Waals surface area (Å²) in [7, 11) is 0. The van der Waals surface area contributed by atoms with E-state index in [4.69, 9.17) is 5.73 Å². The number of hydrogen-bond donors (Lipinski definition) is 1. The molecule has 1 fully saturated rings. The molecule has 142 valence electrons. The van der Waals surface area contributed by atoms with E-state index < -0.39 is 6.04 Å². The van der Waals surface area contributed by atoms with Crippen LogP contribution in [0.5, 0.6) is 0 Å². The third kappa shape index (κ3) is 4.52. The van der Waals surface area contributed by atoms with Crippen LogP contribution in [0, 0.1) is 12.7 Å². The van der Waals surface area contributed by atoms with Gasteiger partial charge >= 0.3 is 0 Å². The van der Waals surface area contributed by atoms with Crippen molar-refractivity contribution >= 4 is 11.8 Å². The molecule has 0 aliphatic carbocycles. The molecule has 2 N–H and O–H groups in total. The molecule has 2 aromatic carbocycles. The first-order valence-electron chi connectivity index (χ1n) is 9.09. The van der Waals surface area contributed by atoms with Crippen LogP contribution in [-0.2, 0) is 11.2 Å². The summed E-state index contributed by atoms with van der Waals surface area (Å²) in [6, 6.07) is 13.6. The number of aryl methyl sites for hydroxylation is 1. The first-order valence-corrected chi connectivity index (χ1v) is 9.09. The number of hydrogen-bond acceptors (Lipinski definition) is 3. The predicted molar refractivity (Wildman–Crippen MR) is 102 cm³/mol. The number of carbonyl (C=O) groups excluding carboxylic acids is 2. The van der Waals surface area contributed by atoms with Crippen molar-refractivity contribution in [2.24, 2.45) is 5.73 Å². The van der Waals surface area contributed by atoms with Crippen molar-refractivity contribution in [2.45, 2.75) is 19.4 Å². The van der Waals surface area contributed by atoms with E-state index in [1.54, 1.807) is 28.9 Å². The van der Waals surface area contributed by atoms with Crippen LogP contribution >= 0.6 is 0 Å². The van der Waals surface area contributed by atoms with Gasteiger partial charge in [-0.05, 0) is 36.6 Å². The van der Waals surface area contributed by atoms with Gasteiger partial charge in [-0.15, -0.1) is 0 Å². The number of nitrogens with two attached hydrogens (primary N) is 1. The summed E-state index contributed by atoms with van der Waals surface area (Å²) in [5.74, 6) is -0.705. The topological polar surface area (TPSA) is 66.6 Å². The molecule has 2 aromatic rings. The number of rotatable bonds is 4.